The molecule has 0 radical (unpaired) electrons. The molecule has 2 aromatic heterocycles. The second-order valence-electron chi connectivity index (χ2n) is 5.66. The Morgan fingerprint density at radius 3 is 2.75 bits per heavy atom. The SMILES string of the molecule is Cc1cc2c(NCCCS(=O)(=O)Cc3ccccc3)ncnc2s1. The van der Waals surface area contributed by atoms with Gasteiger partial charge in [-0.3, -0.25) is 0 Å². The molecule has 1 aromatic carbocycles. The highest BCUT2D eigenvalue weighted by Gasteiger charge is 2.12. The average molecular weight is 361 g/mol. The molecule has 0 aliphatic carbocycles. The summed E-state index contributed by atoms with van der Waals surface area (Å²) in [5.74, 6) is 1.02. The van der Waals surface area contributed by atoms with E-state index in [-0.39, 0.29) is 11.5 Å². The van der Waals surface area contributed by atoms with Crippen molar-refractivity contribution in [2.75, 3.05) is 17.6 Å². The van der Waals surface area contributed by atoms with Crippen LogP contribution in [0.2, 0.25) is 0 Å². The smallest absolute Gasteiger partial charge is 0.154 e. The predicted molar refractivity (Wildman–Crippen MR) is 99.2 cm³/mol. The summed E-state index contributed by atoms with van der Waals surface area (Å²) in [6.45, 7) is 2.60. The Hall–Kier alpha value is -1.99. The van der Waals surface area contributed by atoms with E-state index in [1.165, 1.54) is 11.2 Å². The fourth-order valence-electron chi connectivity index (χ4n) is 2.52. The van der Waals surface area contributed by atoms with Crippen LogP contribution in [-0.2, 0) is 15.6 Å². The minimum atomic E-state index is -3.10. The maximum absolute atomic E-state index is 12.2. The van der Waals surface area contributed by atoms with Crippen LogP contribution in [0.15, 0.2) is 42.7 Å². The first-order valence-corrected chi connectivity index (χ1v) is 10.4. The summed E-state index contributed by atoms with van der Waals surface area (Å²) in [5.41, 5.74) is 0.830. The third kappa shape index (κ3) is 4.30. The quantitative estimate of drug-likeness (QED) is 0.653. The lowest BCUT2D eigenvalue weighted by Crippen LogP contribution is -2.13. The van der Waals surface area contributed by atoms with Crippen LogP contribution >= 0.6 is 11.3 Å². The minimum Gasteiger partial charge on any atom is -0.369 e. The number of anilines is 1. The van der Waals surface area contributed by atoms with E-state index in [0.717, 1.165) is 21.6 Å². The van der Waals surface area contributed by atoms with Crippen molar-refractivity contribution in [2.45, 2.75) is 19.1 Å². The molecule has 0 spiro atoms. The highest BCUT2D eigenvalue weighted by Crippen LogP contribution is 2.27. The van der Waals surface area contributed by atoms with Gasteiger partial charge in [-0.05, 0) is 25.0 Å². The fraction of sp³-hybridized carbons (Fsp3) is 0.294. The van der Waals surface area contributed by atoms with Crippen LogP contribution in [0, 0.1) is 6.92 Å². The number of aryl methyl sites for hydroxylation is 1. The highest BCUT2D eigenvalue weighted by molar-refractivity contribution is 7.90. The van der Waals surface area contributed by atoms with Crippen molar-refractivity contribution in [1.29, 1.82) is 0 Å². The Morgan fingerprint density at radius 2 is 1.96 bits per heavy atom. The number of hydrogen-bond acceptors (Lipinski definition) is 6. The van der Waals surface area contributed by atoms with Crippen LogP contribution in [0.4, 0.5) is 5.82 Å². The van der Waals surface area contributed by atoms with Crippen molar-refractivity contribution in [3.63, 3.8) is 0 Å². The molecule has 3 rings (SSSR count). The molecule has 0 saturated heterocycles. The van der Waals surface area contributed by atoms with Crippen LogP contribution in [0.5, 0.6) is 0 Å². The van der Waals surface area contributed by atoms with Crippen molar-refractivity contribution in [2.24, 2.45) is 0 Å². The van der Waals surface area contributed by atoms with Gasteiger partial charge in [0.25, 0.3) is 0 Å². The topological polar surface area (TPSA) is 72.0 Å². The van der Waals surface area contributed by atoms with Gasteiger partial charge >= 0.3 is 0 Å². The maximum atomic E-state index is 12.2. The summed E-state index contributed by atoms with van der Waals surface area (Å²) in [6, 6.07) is 11.3. The summed E-state index contributed by atoms with van der Waals surface area (Å²) in [5, 5.41) is 4.22. The molecule has 1 N–H and O–H groups in total. The first kappa shape index (κ1) is 16.9. The standard InChI is InChI=1S/C17H19N3O2S2/c1-13-10-15-16(19-12-20-17(15)23-13)18-8-5-9-24(21,22)11-14-6-3-2-4-7-14/h2-4,6-7,10,12H,5,8-9,11H2,1H3,(H,18,19,20). The van der Waals surface area contributed by atoms with Gasteiger partial charge in [-0.15, -0.1) is 11.3 Å². The van der Waals surface area contributed by atoms with Crippen LogP contribution in [-0.4, -0.2) is 30.7 Å². The van der Waals surface area contributed by atoms with E-state index in [1.807, 2.05) is 37.3 Å². The second kappa shape index (κ2) is 7.27. The lowest BCUT2D eigenvalue weighted by Gasteiger charge is -2.07. The average Bonchev–Trinajstić information content (AvgIpc) is 2.93. The lowest BCUT2D eigenvalue weighted by molar-refractivity contribution is 0.593. The molecule has 0 bridgehead atoms. The first-order valence-electron chi connectivity index (χ1n) is 7.73. The van der Waals surface area contributed by atoms with Crippen molar-refractivity contribution >= 4 is 37.2 Å². The van der Waals surface area contributed by atoms with E-state index in [0.29, 0.717) is 13.0 Å². The van der Waals surface area contributed by atoms with Crippen molar-refractivity contribution in [3.8, 4) is 0 Å². The van der Waals surface area contributed by atoms with Crippen LogP contribution in [0.25, 0.3) is 10.2 Å². The molecule has 0 amide bonds. The number of sulfone groups is 1. The van der Waals surface area contributed by atoms with Gasteiger partial charge in [0.2, 0.25) is 0 Å². The number of benzene rings is 1. The molecule has 0 saturated carbocycles. The monoisotopic (exact) mass is 361 g/mol. The zero-order chi connectivity index (χ0) is 17.0. The summed E-state index contributed by atoms with van der Waals surface area (Å²) in [4.78, 5) is 10.6. The molecule has 0 unspecified atom stereocenters. The van der Waals surface area contributed by atoms with E-state index >= 15 is 0 Å². The normalized spacial score (nSPS) is 11.7. The molecule has 2 heterocycles. The number of aromatic nitrogens is 2. The van der Waals surface area contributed by atoms with Gasteiger partial charge in [0, 0.05) is 11.4 Å². The maximum Gasteiger partial charge on any atom is 0.154 e. The predicted octanol–water partition coefficient (Wildman–Crippen LogP) is 3.42. The third-order valence-corrected chi connectivity index (χ3v) is 6.25. The van der Waals surface area contributed by atoms with E-state index in [1.54, 1.807) is 11.3 Å². The zero-order valence-corrected chi connectivity index (χ0v) is 15.0. The molecule has 126 valence electrons. The molecule has 0 aliphatic heterocycles. The lowest BCUT2D eigenvalue weighted by atomic mass is 10.2. The second-order valence-corrected chi connectivity index (χ2v) is 9.07. The molecular formula is C17H19N3O2S2. The summed E-state index contributed by atoms with van der Waals surface area (Å²) in [6.07, 6.45) is 2.08. The summed E-state index contributed by atoms with van der Waals surface area (Å²) < 4.78 is 24.4. The minimum absolute atomic E-state index is 0.0926. The molecule has 24 heavy (non-hydrogen) atoms. The fourth-order valence-corrected chi connectivity index (χ4v) is 4.79. The van der Waals surface area contributed by atoms with E-state index in [9.17, 15) is 8.42 Å². The van der Waals surface area contributed by atoms with Crippen LogP contribution < -0.4 is 5.32 Å². The van der Waals surface area contributed by atoms with Gasteiger partial charge in [0.1, 0.15) is 17.0 Å². The first-order chi connectivity index (χ1) is 11.5. The van der Waals surface area contributed by atoms with Gasteiger partial charge in [0.15, 0.2) is 9.84 Å². The van der Waals surface area contributed by atoms with Gasteiger partial charge in [-0.2, -0.15) is 0 Å². The summed E-state index contributed by atoms with van der Waals surface area (Å²) in [7, 11) is -3.10. The Morgan fingerprint density at radius 1 is 1.17 bits per heavy atom. The number of nitrogens with one attached hydrogen (secondary N) is 1. The van der Waals surface area contributed by atoms with Crippen LogP contribution in [0.1, 0.15) is 16.9 Å². The Bertz CT molecular complexity index is 921. The molecule has 7 heteroatoms. The number of thiophene rings is 1. The van der Waals surface area contributed by atoms with Crippen LogP contribution in [0.3, 0.4) is 0 Å². The van der Waals surface area contributed by atoms with E-state index in [2.05, 4.69) is 21.4 Å². The van der Waals surface area contributed by atoms with Crippen molar-refractivity contribution in [1.82, 2.24) is 9.97 Å². The molecular weight excluding hydrogens is 342 g/mol. The van der Waals surface area contributed by atoms with E-state index in [4.69, 9.17) is 0 Å². The number of hydrogen-bond donors (Lipinski definition) is 1. The van der Waals surface area contributed by atoms with E-state index < -0.39 is 9.84 Å². The Kier molecular flexibility index (Phi) is 5.11. The van der Waals surface area contributed by atoms with Gasteiger partial charge in [-0.1, -0.05) is 30.3 Å². The molecule has 3 aromatic rings. The number of nitrogens with zero attached hydrogens (tertiary/aromatic N) is 2. The highest BCUT2D eigenvalue weighted by atomic mass is 32.2. The molecule has 0 aliphatic rings. The number of fused-ring (bicyclic) bond motifs is 1. The van der Waals surface area contributed by atoms with Gasteiger partial charge < -0.3 is 5.32 Å². The van der Waals surface area contributed by atoms with Crippen molar-refractivity contribution < 1.29 is 8.42 Å². The number of rotatable bonds is 7. The van der Waals surface area contributed by atoms with Gasteiger partial charge in [-0.25, -0.2) is 18.4 Å². The molecule has 5 nitrogen and oxygen atoms in total. The Labute approximate surface area is 145 Å². The zero-order valence-electron chi connectivity index (χ0n) is 13.4. The molecule has 0 fully saturated rings. The third-order valence-electron chi connectivity index (χ3n) is 3.61. The largest absolute Gasteiger partial charge is 0.369 e. The summed E-state index contributed by atoms with van der Waals surface area (Å²) >= 11 is 1.62. The Balaban J connectivity index is 1.54. The van der Waals surface area contributed by atoms with Gasteiger partial charge in [0.05, 0.1) is 16.9 Å². The van der Waals surface area contributed by atoms with Crippen molar-refractivity contribution in [3.05, 3.63) is 53.2 Å². The molecule has 0 atom stereocenters.